The molecule has 0 aliphatic carbocycles. The van der Waals surface area contributed by atoms with Gasteiger partial charge >= 0.3 is 11.7 Å². The van der Waals surface area contributed by atoms with Crippen LogP contribution < -0.4 is 0 Å². The molecule has 0 spiro atoms. The standard InChI is InChI=1S/C9H9NO5/c1-2-5-6(9(12)13)3-4-7(11)8(5)10(14)15/h3-4,11H,2H2,1H3,(H,12,13). The van der Waals surface area contributed by atoms with Gasteiger partial charge in [-0.25, -0.2) is 4.79 Å². The second-order valence-electron chi connectivity index (χ2n) is 2.88. The number of phenols is 1. The van der Waals surface area contributed by atoms with E-state index in [1.165, 1.54) is 0 Å². The van der Waals surface area contributed by atoms with E-state index in [0.29, 0.717) is 0 Å². The zero-order valence-electron chi connectivity index (χ0n) is 7.93. The van der Waals surface area contributed by atoms with Crippen molar-refractivity contribution >= 4 is 11.7 Å². The topological polar surface area (TPSA) is 101 Å². The minimum Gasteiger partial charge on any atom is -0.502 e. The van der Waals surface area contributed by atoms with E-state index >= 15 is 0 Å². The molecular weight excluding hydrogens is 202 g/mol. The minimum atomic E-state index is -1.24. The third-order valence-electron chi connectivity index (χ3n) is 2.03. The molecule has 0 amide bonds. The third kappa shape index (κ3) is 1.88. The van der Waals surface area contributed by atoms with Crippen molar-refractivity contribution in [3.05, 3.63) is 33.4 Å². The van der Waals surface area contributed by atoms with Gasteiger partial charge in [0.05, 0.1) is 10.5 Å². The van der Waals surface area contributed by atoms with E-state index in [1.807, 2.05) is 0 Å². The zero-order chi connectivity index (χ0) is 11.6. The van der Waals surface area contributed by atoms with Gasteiger partial charge in [0.15, 0.2) is 5.75 Å². The Bertz CT molecular complexity index is 427. The van der Waals surface area contributed by atoms with Gasteiger partial charge in [-0.05, 0) is 18.6 Å². The quantitative estimate of drug-likeness (QED) is 0.583. The number of nitro benzene ring substituents is 1. The number of carboxylic acids is 1. The number of nitrogens with zero attached hydrogens (tertiary/aromatic N) is 1. The SMILES string of the molecule is CCc1c(C(=O)O)ccc(O)c1[N+](=O)[O-]. The van der Waals surface area contributed by atoms with Crippen LogP contribution >= 0.6 is 0 Å². The van der Waals surface area contributed by atoms with Crippen molar-refractivity contribution in [2.24, 2.45) is 0 Å². The average molecular weight is 211 g/mol. The molecule has 15 heavy (non-hydrogen) atoms. The van der Waals surface area contributed by atoms with Gasteiger partial charge in [-0.15, -0.1) is 0 Å². The van der Waals surface area contributed by atoms with Crippen LogP contribution in [0.5, 0.6) is 5.75 Å². The number of hydrogen-bond acceptors (Lipinski definition) is 4. The van der Waals surface area contributed by atoms with Crippen LogP contribution in [-0.4, -0.2) is 21.1 Å². The second-order valence-corrected chi connectivity index (χ2v) is 2.88. The lowest BCUT2D eigenvalue weighted by molar-refractivity contribution is -0.386. The molecule has 0 atom stereocenters. The lowest BCUT2D eigenvalue weighted by atomic mass is 10.0. The summed E-state index contributed by atoms with van der Waals surface area (Å²) in [4.78, 5) is 20.6. The molecule has 0 heterocycles. The van der Waals surface area contributed by atoms with E-state index in [0.717, 1.165) is 12.1 Å². The molecule has 0 aliphatic rings. The predicted molar refractivity (Wildman–Crippen MR) is 51.1 cm³/mol. The van der Waals surface area contributed by atoms with Gasteiger partial charge in [-0.1, -0.05) is 6.92 Å². The molecule has 0 saturated carbocycles. The summed E-state index contributed by atoms with van der Waals surface area (Å²) < 4.78 is 0. The van der Waals surface area contributed by atoms with Crippen LogP contribution in [0.4, 0.5) is 5.69 Å². The molecule has 1 rings (SSSR count). The third-order valence-corrected chi connectivity index (χ3v) is 2.03. The summed E-state index contributed by atoms with van der Waals surface area (Å²) in [5, 5.41) is 28.7. The van der Waals surface area contributed by atoms with Crippen molar-refractivity contribution in [1.29, 1.82) is 0 Å². The Morgan fingerprint density at radius 1 is 1.53 bits per heavy atom. The number of phenolic OH excluding ortho intramolecular Hbond substituents is 1. The van der Waals surface area contributed by atoms with Crippen molar-refractivity contribution in [2.75, 3.05) is 0 Å². The fraction of sp³-hybridized carbons (Fsp3) is 0.222. The van der Waals surface area contributed by atoms with E-state index in [2.05, 4.69) is 0 Å². The molecule has 0 bridgehead atoms. The number of aromatic hydroxyl groups is 1. The van der Waals surface area contributed by atoms with Crippen molar-refractivity contribution < 1.29 is 19.9 Å². The molecule has 1 aromatic rings. The normalized spacial score (nSPS) is 9.93. The van der Waals surface area contributed by atoms with Crippen LogP contribution in [0.2, 0.25) is 0 Å². The molecule has 6 nitrogen and oxygen atoms in total. The molecular formula is C9H9NO5. The summed E-state index contributed by atoms with van der Waals surface area (Å²) in [6.45, 7) is 1.59. The highest BCUT2D eigenvalue weighted by atomic mass is 16.6. The Morgan fingerprint density at radius 2 is 2.13 bits per heavy atom. The van der Waals surface area contributed by atoms with Gasteiger partial charge in [-0.3, -0.25) is 10.1 Å². The summed E-state index contributed by atoms with van der Waals surface area (Å²) in [5.74, 6) is -1.75. The van der Waals surface area contributed by atoms with Crippen LogP contribution in [0.1, 0.15) is 22.8 Å². The molecule has 0 aromatic heterocycles. The smallest absolute Gasteiger partial charge is 0.336 e. The number of aromatic carboxylic acids is 1. The van der Waals surface area contributed by atoms with E-state index in [-0.39, 0.29) is 17.5 Å². The highest BCUT2D eigenvalue weighted by Gasteiger charge is 2.24. The largest absolute Gasteiger partial charge is 0.502 e. The first-order valence-electron chi connectivity index (χ1n) is 4.21. The van der Waals surface area contributed by atoms with Crippen molar-refractivity contribution in [3.63, 3.8) is 0 Å². The van der Waals surface area contributed by atoms with Crippen LogP contribution in [0.3, 0.4) is 0 Å². The van der Waals surface area contributed by atoms with Gasteiger partial charge in [0.2, 0.25) is 0 Å². The summed E-state index contributed by atoms with van der Waals surface area (Å²) >= 11 is 0. The first-order chi connectivity index (χ1) is 6.99. The Morgan fingerprint density at radius 3 is 2.53 bits per heavy atom. The Kier molecular flexibility index (Phi) is 2.89. The molecule has 2 N–H and O–H groups in total. The van der Waals surface area contributed by atoms with Crippen LogP contribution in [0.15, 0.2) is 12.1 Å². The van der Waals surface area contributed by atoms with Crippen molar-refractivity contribution in [2.45, 2.75) is 13.3 Å². The van der Waals surface area contributed by atoms with Crippen LogP contribution in [0.25, 0.3) is 0 Å². The predicted octanol–water partition coefficient (Wildman–Crippen LogP) is 1.56. The number of rotatable bonds is 3. The Labute approximate surface area is 84.9 Å². The maximum Gasteiger partial charge on any atom is 0.336 e. The van der Waals surface area contributed by atoms with Crippen molar-refractivity contribution in [1.82, 2.24) is 0 Å². The Hall–Kier alpha value is -2.11. The van der Waals surface area contributed by atoms with E-state index < -0.39 is 22.3 Å². The van der Waals surface area contributed by atoms with Crippen molar-refractivity contribution in [3.8, 4) is 5.75 Å². The van der Waals surface area contributed by atoms with E-state index in [9.17, 15) is 20.0 Å². The first-order valence-corrected chi connectivity index (χ1v) is 4.21. The maximum absolute atomic E-state index is 10.8. The van der Waals surface area contributed by atoms with Gasteiger partial charge in [0.1, 0.15) is 0 Å². The number of hydrogen-bond donors (Lipinski definition) is 2. The molecule has 0 radical (unpaired) electrons. The highest BCUT2D eigenvalue weighted by molar-refractivity contribution is 5.91. The zero-order valence-corrected chi connectivity index (χ0v) is 7.93. The molecule has 0 fully saturated rings. The number of carbonyl (C=O) groups is 1. The molecule has 0 saturated heterocycles. The average Bonchev–Trinajstić information content (AvgIpc) is 2.15. The lowest BCUT2D eigenvalue weighted by Gasteiger charge is -2.05. The first kappa shape index (κ1) is 11.0. The van der Waals surface area contributed by atoms with Gasteiger partial charge in [-0.2, -0.15) is 0 Å². The number of nitro groups is 1. The molecule has 0 unspecified atom stereocenters. The van der Waals surface area contributed by atoms with Gasteiger partial charge in [0.25, 0.3) is 0 Å². The molecule has 1 aromatic carbocycles. The number of carboxylic acid groups (broad SMARTS) is 1. The van der Waals surface area contributed by atoms with Gasteiger partial charge < -0.3 is 10.2 Å². The molecule has 6 heteroatoms. The monoisotopic (exact) mass is 211 g/mol. The van der Waals surface area contributed by atoms with Crippen LogP contribution in [-0.2, 0) is 6.42 Å². The summed E-state index contributed by atoms with van der Waals surface area (Å²) in [7, 11) is 0. The number of benzene rings is 1. The molecule has 80 valence electrons. The molecule has 0 aliphatic heterocycles. The van der Waals surface area contributed by atoms with Crippen LogP contribution in [0, 0.1) is 10.1 Å². The summed E-state index contributed by atoms with van der Waals surface area (Å²) in [6.07, 6.45) is 0.173. The fourth-order valence-electron chi connectivity index (χ4n) is 1.39. The van der Waals surface area contributed by atoms with Gasteiger partial charge in [0, 0.05) is 5.56 Å². The summed E-state index contributed by atoms with van der Waals surface area (Å²) in [5.41, 5.74) is -0.646. The van der Waals surface area contributed by atoms with E-state index in [1.54, 1.807) is 6.92 Å². The lowest BCUT2D eigenvalue weighted by Crippen LogP contribution is -2.05. The maximum atomic E-state index is 10.8. The Balaban J connectivity index is 3.54. The highest BCUT2D eigenvalue weighted by Crippen LogP contribution is 2.32. The minimum absolute atomic E-state index is 0.0347. The summed E-state index contributed by atoms with van der Waals surface area (Å²) in [6, 6.07) is 2.17. The second kappa shape index (κ2) is 3.95. The van der Waals surface area contributed by atoms with E-state index in [4.69, 9.17) is 5.11 Å². The fourth-order valence-corrected chi connectivity index (χ4v) is 1.39.